The van der Waals surface area contributed by atoms with Gasteiger partial charge in [0.05, 0.1) is 6.17 Å². The third kappa shape index (κ3) is 6.83. The van der Waals surface area contributed by atoms with Gasteiger partial charge in [-0.1, -0.05) is 70.7 Å². The predicted octanol–water partition coefficient (Wildman–Crippen LogP) is 3.94. The molecule has 0 aromatic rings. The molecule has 2 amide bonds. The molecule has 6 nitrogen and oxygen atoms in total. The summed E-state index contributed by atoms with van der Waals surface area (Å²) in [5, 5.41) is 3.56. The monoisotopic (exact) mass is 480 g/mol. The van der Waals surface area contributed by atoms with Gasteiger partial charge in [0.15, 0.2) is 0 Å². The van der Waals surface area contributed by atoms with Crippen LogP contribution in [0, 0.1) is 17.8 Å². The Balaban J connectivity index is 1.74. The molecule has 3 N–H and O–H groups in total. The van der Waals surface area contributed by atoms with E-state index in [1.807, 2.05) is 9.80 Å². The van der Waals surface area contributed by atoms with Crippen LogP contribution in [0.1, 0.15) is 53.4 Å². The Bertz CT molecular complexity index is 908. The smallest absolute Gasteiger partial charge is 0.254 e. The minimum Gasteiger partial charge on any atom is -0.339 e. The van der Waals surface area contributed by atoms with Gasteiger partial charge in [-0.3, -0.25) is 14.9 Å². The summed E-state index contributed by atoms with van der Waals surface area (Å²) in [7, 11) is 0. The lowest BCUT2D eigenvalue weighted by molar-refractivity contribution is -0.127. The molecule has 3 rings (SSSR count). The number of nitrogens with two attached hydrogens (primary N) is 1. The molecule has 0 aromatic heterocycles. The average molecular weight is 481 g/mol. The van der Waals surface area contributed by atoms with E-state index in [1.54, 1.807) is 6.08 Å². The first-order valence-electron chi connectivity index (χ1n) is 13.3. The molecule has 2 heterocycles. The van der Waals surface area contributed by atoms with Crippen molar-refractivity contribution in [3.05, 3.63) is 59.8 Å². The molecule has 3 aliphatic rings. The minimum absolute atomic E-state index is 0.0755. The largest absolute Gasteiger partial charge is 0.339 e. The molecule has 4 atom stereocenters. The van der Waals surface area contributed by atoms with Crippen molar-refractivity contribution in [1.82, 2.24) is 15.1 Å². The van der Waals surface area contributed by atoms with Crippen LogP contribution in [0.2, 0.25) is 0 Å². The van der Waals surface area contributed by atoms with Gasteiger partial charge in [0.2, 0.25) is 5.91 Å². The molecule has 0 aromatic carbocycles. The van der Waals surface area contributed by atoms with Crippen LogP contribution < -0.4 is 11.1 Å². The van der Waals surface area contributed by atoms with Crippen molar-refractivity contribution in [2.24, 2.45) is 23.5 Å². The van der Waals surface area contributed by atoms with Crippen LogP contribution in [-0.4, -0.2) is 60.0 Å². The fourth-order valence-electron chi connectivity index (χ4n) is 5.37. The van der Waals surface area contributed by atoms with Crippen LogP contribution in [-0.2, 0) is 9.59 Å². The second-order valence-electron chi connectivity index (χ2n) is 10.5. The molecule has 0 spiro atoms. The molecule has 35 heavy (non-hydrogen) atoms. The zero-order valence-corrected chi connectivity index (χ0v) is 22.0. The van der Waals surface area contributed by atoms with Crippen LogP contribution in [0.15, 0.2) is 59.8 Å². The topological polar surface area (TPSA) is 78.7 Å². The molecule has 0 fully saturated rings. The summed E-state index contributed by atoms with van der Waals surface area (Å²) in [5.74, 6) is 1.02. The van der Waals surface area contributed by atoms with Gasteiger partial charge in [-0.25, -0.2) is 0 Å². The summed E-state index contributed by atoms with van der Waals surface area (Å²) in [4.78, 5) is 29.8. The first-order chi connectivity index (χ1) is 16.8. The fraction of sp³-hybridized carbons (Fsp3) is 0.586. The van der Waals surface area contributed by atoms with Crippen LogP contribution in [0.4, 0.5) is 0 Å². The Labute approximate surface area is 211 Å². The number of carbonyl (C=O) groups is 2. The third-order valence-electron chi connectivity index (χ3n) is 6.94. The van der Waals surface area contributed by atoms with Crippen molar-refractivity contribution in [1.29, 1.82) is 0 Å². The Kier molecular flexibility index (Phi) is 9.70. The first-order valence-corrected chi connectivity index (χ1v) is 13.3. The number of hydrogen-bond donors (Lipinski definition) is 2. The number of nitrogens with one attached hydrogen (secondary N) is 1. The summed E-state index contributed by atoms with van der Waals surface area (Å²) in [6.07, 6.45) is 15.7. The molecule has 0 saturated carbocycles. The van der Waals surface area contributed by atoms with Crippen molar-refractivity contribution in [2.75, 3.05) is 26.2 Å². The highest BCUT2D eigenvalue weighted by molar-refractivity contribution is 6.00. The van der Waals surface area contributed by atoms with E-state index < -0.39 is 0 Å². The Hall–Kier alpha value is -2.44. The molecule has 1 aliphatic carbocycles. The van der Waals surface area contributed by atoms with Crippen LogP contribution in [0.3, 0.4) is 0 Å². The number of fused-ring (bicyclic) bond motifs is 1. The number of carbonyl (C=O) groups excluding carboxylic acids is 2. The van der Waals surface area contributed by atoms with E-state index in [9.17, 15) is 9.59 Å². The second-order valence-corrected chi connectivity index (χ2v) is 10.5. The quantitative estimate of drug-likeness (QED) is 0.464. The maximum Gasteiger partial charge on any atom is 0.254 e. The lowest BCUT2D eigenvalue weighted by Gasteiger charge is -2.30. The van der Waals surface area contributed by atoms with Crippen molar-refractivity contribution < 1.29 is 9.59 Å². The highest BCUT2D eigenvalue weighted by Crippen LogP contribution is 2.30. The van der Waals surface area contributed by atoms with Gasteiger partial charge in [-0.15, -0.1) is 0 Å². The minimum atomic E-state index is -0.242. The predicted molar refractivity (Wildman–Crippen MR) is 143 cm³/mol. The maximum absolute atomic E-state index is 13.2. The zero-order valence-electron chi connectivity index (χ0n) is 22.0. The second kappa shape index (κ2) is 12.5. The normalized spacial score (nSPS) is 26.9. The molecule has 4 unspecified atom stereocenters. The van der Waals surface area contributed by atoms with E-state index in [2.05, 4.69) is 70.0 Å². The van der Waals surface area contributed by atoms with Gasteiger partial charge in [0.25, 0.3) is 5.91 Å². The average Bonchev–Trinajstić information content (AvgIpc) is 2.99. The molecule has 0 bridgehead atoms. The number of hydrogen-bond acceptors (Lipinski definition) is 4. The highest BCUT2D eigenvalue weighted by atomic mass is 16.2. The molecule has 2 aliphatic heterocycles. The Morgan fingerprint density at radius 3 is 2.63 bits per heavy atom. The molecular formula is C29H44N4O2. The van der Waals surface area contributed by atoms with Crippen molar-refractivity contribution >= 4 is 11.8 Å². The van der Waals surface area contributed by atoms with E-state index in [0.717, 1.165) is 50.0 Å². The molecule has 6 heteroatoms. The van der Waals surface area contributed by atoms with E-state index in [-0.39, 0.29) is 35.9 Å². The standard InChI is InChI=1S/C29H44N4O2/c1-6-13-32(14-7-2)28(34)24-16-22-11-9-21(15-26(22)31-27(30)17-24)10-12-23-19-33(18-20(4)5)29(35)25(23)8-3/h8-12,16,20-22,26-27,31H,3,6-7,13-15,17-19,30H2,1-2,4-5H3. The molecule has 192 valence electrons. The lowest BCUT2D eigenvalue weighted by atomic mass is 9.83. The van der Waals surface area contributed by atoms with Gasteiger partial charge in [0.1, 0.15) is 0 Å². The lowest BCUT2D eigenvalue weighted by Crippen LogP contribution is -2.47. The van der Waals surface area contributed by atoms with Gasteiger partial charge in [0, 0.05) is 55.7 Å². The summed E-state index contributed by atoms with van der Waals surface area (Å²) in [6, 6.07) is 0.177. The first kappa shape index (κ1) is 27.2. The van der Waals surface area contributed by atoms with Crippen molar-refractivity contribution in [3.63, 3.8) is 0 Å². The summed E-state index contributed by atoms with van der Waals surface area (Å²) >= 11 is 0. The van der Waals surface area contributed by atoms with Crippen LogP contribution in [0.25, 0.3) is 0 Å². The molecule has 0 radical (unpaired) electrons. The number of allylic oxidation sites excluding steroid dienone is 2. The maximum atomic E-state index is 13.2. The van der Waals surface area contributed by atoms with Crippen LogP contribution >= 0.6 is 0 Å². The molecule has 0 saturated heterocycles. The number of nitrogens with zero attached hydrogens (tertiary/aromatic N) is 2. The fourth-order valence-corrected chi connectivity index (χ4v) is 5.37. The highest BCUT2D eigenvalue weighted by Gasteiger charge is 2.32. The summed E-state index contributed by atoms with van der Waals surface area (Å²) in [6.45, 7) is 15.3. The van der Waals surface area contributed by atoms with Gasteiger partial charge in [-0.2, -0.15) is 0 Å². The zero-order chi connectivity index (χ0) is 25.5. The van der Waals surface area contributed by atoms with Gasteiger partial charge >= 0.3 is 0 Å². The summed E-state index contributed by atoms with van der Waals surface area (Å²) < 4.78 is 0. The van der Waals surface area contributed by atoms with Gasteiger partial charge in [-0.05, 0) is 36.7 Å². The van der Waals surface area contributed by atoms with E-state index in [0.29, 0.717) is 24.5 Å². The SMILES string of the molecule is C=CC1=C(C=CC2C=CC3C=C(C(=O)N(CCC)CCC)CC(N)NC3C2)CN(CC(C)C)C1=O. The molecular weight excluding hydrogens is 436 g/mol. The van der Waals surface area contributed by atoms with Crippen molar-refractivity contribution in [2.45, 2.75) is 65.6 Å². The van der Waals surface area contributed by atoms with E-state index in [1.165, 1.54) is 0 Å². The van der Waals surface area contributed by atoms with Gasteiger partial charge < -0.3 is 15.5 Å². The Morgan fingerprint density at radius 1 is 1.29 bits per heavy atom. The third-order valence-corrected chi connectivity index (χ3v) is 6.94. The Morgan fingerprint density at radius 2 is 2.00 bits per heavy atom. The number of amides is 2. The van der Waals surface area contributed by atoms with Crippen LogP contribution in [0.5, 0.6) is 0 Å². The van der Waals surface area contributed by atoms with E-state index >= 15 is 0 Å². The van der Waals surface area contributed by atoms with Crippen molar-refractivity contribution in [3.8, 4) is 0 Å². The summed E-state index contributed by atoms with van der Waals surface area (Å²) in [5.41, 5.74) is 8.99. The number of rotatable bonds is 10. The van der Waals surface area contributed by atoms with E-state index in [4.69, 9.17) is 5.73 Å².